The molecule has 1 heterocycles. The van der Waals surface area contributed by atoms with Crippen molar-refractivity contribution in [2.45, 2.75) is 32.7 Å². The van der Waals surface area contributed by atoms with Gasteiger partial charge in [-0.15, -0.1) is 0 Å². The van der Waals surface area contributed by atoms with E-state index in [2.05, 4.69) is 47.3 Å². The van der Waals surface area contributed by atoms with E-state index in [0.717, 1.165) is 30.5 Å². The average molecular weight is 350 g/mol. The zero-order chi connectivity index (χ0) is 18.2. The number of nitrogens with zero attached hydrogens (tertiary/aromatic N) is 1. The van der Waals surface area contributed by atoms with Crippen LogP contribution in [0, 0.1) is 0 Å². The molecule has 0 aliphatic heterocycles. The van der Waals surface area contributed by atoms with Crippen LogP contribution in [0.3, 0.4) is 0 Å². The van der Waals surface area contributed by atoms with E-state index < -0.39 is 0 Å². The van der Waals surface area contributed by atoms with Crippen molar-refractivity contribution in [1.29, 1.82) is 0 Å². The molecule has 0 aliphatic carbocycles. The molecule has 1 N–H and O–H groups in total. The van der Waals surface area contributed by atoms with Crippen LogP contribution in [0.5, 0.6) is 0 Å². The summed E-state index contributed by atoms with van der Waals surface area (Å²) >= 11 is 0. The molecule has 0 fully saturated rings. The summed E-state index contributed by atoms with van der Waals surface area (Å²) in [5, 5.41) is 4.12. The van der Waals surface area contributed by atoms with Crippen molar-refractivity contribution >= 4 is 22.5 Å². The Morgan fingerprint density at radius 3 is 2.73 bits per heavy atom. The van der Waals surface area contributed by atoms with Gasteiger partial charge in [0.05, 0.1) is 6.61 Å². The number of benzene rings is 2. The Bertz CT molecular complexity index is 840. The Hall–Kier alpha value is -2.59. The van der Waals surface area contributed by atoms with Crippen LogP contribution in [0.2, 0.25) is 0 Å². The molecule has 0 saturated carbocycles. The monoisotopic (exact) mass is 350 g/mol. The first-order valence-electron chi connectivity index (χ1n) is 9.26. The highest BCUT2D eigenvalue weighted by Gasteiger charge is 2.05. The summed E-state index contributed by atoms with van der Waals surface area (Å²) in [5.74, 6) is 0.0333. The number of amides is 1. The fourth-order valence-electron chi connectivity index (χ4n) is 3.05. The molecule has 136 valence electrons. The topological polar surface area (TPSA) is 43.3 Å². The molecule has 0 saturated heterocycles. The molecule has 2 aromatic carbocycles. The lowest BCUT2D eigenvalue weighted by atomic mass is 10.2. The van der Waals surface area contributed by atoms with Gasteiger partial charge in [0, 0.05) is 42.4 Å². The highest BCUT2D eigenvalue weighted by Crippen LogP contribution is 2.20. The predicted molar refractivity (Wildman–Crippen MR) is 106 cm³/mol. The number of ether oxygens (including phenoxy) is 1. The lowest BCUT2D eigenvalue weighted by molar-refractivity contribution is -0.116. The molecule has 0 aliphatic rings. The van der Waals surface area contributed by atoms with Gasteiger partial charge >= 0.3 is 0 Å². The summed E-state index contributed by atoms with van der Waals surface area (Å²) < 4.78 is 7.82. The van der Waals surface area contributed by atoms with Crippen molar-refractivity contribution in [3.05, 3.63) is 66.4 Å². The standard InChI is InChI=1S/C22H26N2O2/c1-2-24-14-12-19-17-20(10-11-21(19)24)23-22(25)9-6-15-26-16-13-18-7-4-3-5-8-18/h3-5,7-8,10-12,14,17H,2,6,9,13,15-16H2,1H3,(H,23,25). The van der Waals surface area contributed by atoms with Gasteiger partial charge in [0.25, 0.3) is 0 Å². The molecule has 4 nitrogen and oxygen atoms in total. The molecule has 3 rings (SSSR count). The van der Waals surface area contributed by atoms with Crippen molar-refractivity contribution in [2.24, 2.45) is 0 Å². The lowest BCUT2D eigenvalue weighted by Crippen LogP contribution is -2.12. The van der Waals surface area contributed by atoms with E-state index in [-0.39, 0.29) is 5.91 Å². The van der Waals surface area contributed by atoms with Gasteiger partial charge in [-0.25, -0.2) is 0 Å². The maximum Gasteiger partial charge on any atom is 0.224 e. The second kappa shape index (κ2) is 9.20. The largest absolute Gasteiger partial charge is 0.381 e. The molecular formula is C22H26N2O2. The van der Waals surface area contributed by atoms with Gasteiger partial charge in [0.1, 0.15) is 0 Å². The van der Waals surface area contributed by atoms with Gasteiger partial charge in [0.2, 0.25) is 5.91 Å². The SMILES string of the molecule is CCn1ccc2cc(NC(=O)CCCOCCc3ccccc3)ccc21. The fraction of sp³-hybridized carbons (Fsp3) is 0.318. The first-order valence-corrected chi connectivity index (χ1v) is 9.26. The van der Waals surface area contributed by atoms with Crippen molar-refractivity contribution in [3.8, 4) is 0 Å². The summed E-state index contributed by atoms with van der Waals surface area (Å²) in [4.78, 5) is 12.1. The molecule has 4 heteroatoms. The molecular weight excluding hydrogens is 324 g/mol. The van der Waals surface area contributed by atoms with Gasteiger partial charge in [0.15, 0.2) is 0 Å². The van der Waals surface area contributed by atoms with Crippen molar-refractivity contribution < 1.29 is 9.53 Å². The van der Waals surface area contributed by atoms with E-state index in [9.17, 15) is 4.79 Å². The van der Waals surface area contributed by atoms with Crippen LogP contribution in [0.15, 0.2) is 60.8 Å². The summed E-state index contributed by atoms with van der Waals surface area (Å²) in [6.07, 6.45) is 4.18. The third kappa shape index (κ3) is 4.96. The number of carbonyl (C=O) groups excluding carboxylic acids is 1. The van der Waals surface area contributed by atoms with Crippen LogP contribution in [-0.4, -0.2) is 23.7 Å². The molecule has 0 radical (unpaired) electrons. The Labute approximate surface area is 154 Å². The van der Waals surface area contributed by atoms with E-state index in [1.807, 2.05) is 30.3 Å². The molecule has 1 aromatic heterocycles. The van der Waals surface area contributed by atoms with Gasteiger partial charge < -0.3 is 14.6 Å². The number of hydrogen-bond donors (Lipinski definition) is 1. The highest BCUT2D eigenvalue weighted by molar-refractivity contribution is 5.93. The first kappa shape index (κ1) is 18.2. The van der Waals surface area contributed by atoms with E-state index >= 15 is 0 Å². The fourth-order valence-corrected chi connectivity index (χ4v) is 3.05. The number of nitrogens with one attached hydrogen (secondary N) is 1. The van der Waals surface area contributed by atoms with Gasteiger partial charge in [-0.1, -0.05) is 30.3 Å². The zero-order valence-electron chi connectivity index (χ0n) is 15.3. The zero-order valence-corrected chi connectivity index (χ0v) is 15.3. The third-order valence-corrected chi connectivity index (χ3v) is 4.47. The quantitative estimate of drug-likeness (QED) is 0.571. The van der Waals surface area contributed by atoms with Crippen molar-refractivity contribution in [3.63, 3.8) is 0 Å². The van der Waals surface area contributed by atoms with Gasteiger partial charge in [-0.2, -0.15) is 0 Å². The Morgan fingerprint density at radius 2 is 1.92 bits per heavy atom. The second-order valence-electron chi connectivity index (χ2n) is 6.38. The third-order valence-electron chi connectivity index (χ3n) is 4.47. The summed E-state index contributed by atoms with van der Waals surface area (Å²) in [7, 11) is 0. The van der Waals surface area contributed by atoms with E-state index in [0.29, 0.717) is 19.6 Å². The maximum absolute atomic E-state index is 12.1. The van der Waals surface area contributed by atoms with Gasteiger partial charge in [-0.05, 0) is 49.6 Å². The number of carbonyl (C=O) groups is 1. The number of anilines is 1. The molecule has 0 spiro atoms. The highest BCUT2D eigenvalue weighted by atomic mass is 16.5. The number of rotatable bonds is 9. The Balaban J connectivity index is 1.36. The maximum atomic E-state index is 12.1. The molecule has 26 heavy (non-hydrogen) atoms. The number of aromatic nitrogens is 1. The molecule has 0 bridgehead atoms. The van der Waals surface area contributed by atoms with Crippen molar-refractivity contribution in [2.75, 3.05) is 18.5 Å². The second-order valence-corrected chi connectivity index (χ2v) is 6.38. The van der Waals surface area contributed by atoms with Crippen LogP contribution < -0.4 is 5.32 Å². The minimum Gasteiger partial charge on any atom is -0.381 e. The van der Waals surface area contributed by atoms with E-state index in [1.165, 1.54) is 11.1 Å². The summed E-state index contributed by atoms with van der Waals surface area (Å²) in [6.45, 7) is 4.37. The Morgan fingerprint density at radius 1 is 1.08 bits per heavy atom. The minimum absolute atomic E-state index is 0.0333. The lowest BCUT2D eigenvalue weighted by Gasteiger charge is -2.07. The van der Waals surface area contributed by atoms with E-state index in [4.69, 9.17) is 4.74 Å². The molecule has 0 atom stereocenters. The molecule has 3 aromatic rings. The van der Waals surface area contributed by atoms with Crippen LogP contribution in [-0.2, 0) is 22.5 Å². The predicted octanol–water partition coefficient (Wildman–Crippen LogP) is 4.64. The first-order chi connectivity index (χ1) is 12.8. The van der Waals surface area contributed by atoms with Gasteiger partial charge in [-0.3, -0.25) is 4.79 Å². The molecule has 0 unspecified atom stereocenters. The Kier molecular flexibility index (Phi) is 6.45. The van der Waals surface area contributed by atoms with Crippen LogP contribution >= 0.6 is 0 Å². The van der Waals surface area contributed by atoms with Crippen LogP contribution in [0.25, 0.3) is 10.9 Å². The van der Waals surface area contributed by atoms with Crippen LogP contribution in [0.4, 0.5) is 5.69 Å². The average Bonchev–Trinajstić information content (AvgIpc) is 3.07. The van der Waals surface area contributed by atoms with E-state index in [1.54, 1.807) is 0 Å². The van der Waals surface area contributed by atoms with Crippen molar-refractivity contribution in [1.82, 2.24) is 4.57 Å². The minimum atomic E-state index is 0.0333. The normalized spacial score (nSPS) is 11.0. The smallest absolute Gasteiger partial charge is 0.224 e. The summed E-state index contributed by atoms with van der Waals surface area (Å²) in [6, 6.07) is 18.4. The molecule has 1 amide bonds. The number of hydrogen-bond acceptors (Lipinski definition) is 2. The van der Waals surface area contributed by atoms with Crippen LogP contribution in [0.1, 0.15) is 25.3 Å². The number of fused-ring (bicyclic) bond motifs is 1. The summed E-state index contributed by atoms with van der Waals surface area (Å²) in [5.41, 5.74) is 3.32. The number of aryl methyl sites for hydroxylation is 1.